The number of aryl methyl sites for hydroxylation is 1. The number of alkyl halides is 2. The molecule has 106 valence electrons. The number of thioether (sulfide) groups is 1. The fourth-order valence-electron chi connectivity index (χ4n) is 1.72. The van der Waals surface area contributed by atoms with Crippen LogP contribution in [0.5, 0.6) is 5.75 Å². The summed E-state index contributed by atoms with van der Waals surface area (Å²) in [6.07, 6.45) is 0. The van der Waals surface area contributed by atoms with E-state index in [1.165, 1.54) is 0 Å². The Morgan fingerprint density at radius 3 is 2.75 bits per heavy atom. The second-order valence-electron chi connectivity index (χ2n) is 4.15. The van der Waals surface area contributed by atoms with E-state index in [0.717, 1.165) is 5.69 Å². The van der Waals surface area contributed by atoms with Gasteiger partial charge < -0.3 is 10.4 Å². The average molecular weight is 296 g/mol. The number of rotatable bonds is 5. The standard InChI is InChI=1S/C14H14F2N2OS/c1-9-6-7-12(19)11(18-9)8-17-10-4-2-3-5-13(10)20-14(15)16/h2-7,14,17,19H,8H2,1H3. The van der Waals surface area contributed by atoms with Crippen LogP contribution in [0.3, 0.4) is 0 Å². The summed E-state index contributed by atoms with van der Waals surface area (Å²) >= 11 is 0.489. The molecule has 6 heteroatoms. The minimum Gasteiger partial charge on any atom is -0.506 e. The van der Waals surface area contributed by atoms with Gasteiger partial charge in [0.1, 0.15) is 11.4 Å². The van der Waals surface area contributed by atoms with Crippen LogP contribution < -0.4 is 5.32 Å². The number of hydrogen-bond acceptors (Lipinski definition) is 4. The zero-order valence-electron chi connectivity index (χ0n) is 10.8. The second-order valence-corrected chi connectivity index (χ2v) is 5.18. The van der Waals surface area contributed by atoms with Crippen molar-refractivity contribution in [3.05, 3.63) is 47.8 Å². The van der Waals surface area contributed by atoms with Crippen molar-refractivity contribution in [1.29, 1.82) is 0 Å². The molecule has 0 spiro atoms. The summed E-state index contributed by atoms with van der Waals surface area (Å²) < 4.78 is 24.9. The lowest BCUT2D eigenvalue weighted by atomic mass is 10.2. The first-order valence-corrected chi connectivity index (χ1v) is 6.87. The molecule has 0 unspecified atom stereocenters. The van der Waals surface area contributed by atoms with Crippen LogP contribution >= 0.6 is 11.8 Å². The van der Waals surface area contributed by atoms with Crippen LogP contribution in [0.25, 0.3) is 0 Å². The maximum atomic E-state index is 12.5. The Hall–Kier alpha value is -1.82. The highest BCUT2D eigenvalue weighted by Gasteiger charge is 2.10. The third kappa shape index (κ3) is 3.84. The molecule has 20 heavy (non-hydrogen) atoms. The van der Waals surface area contributed by atoms with Gasteiger partial charge in [-0.25, -0.2) is 0 Å². The quantitative estimate of drug-likeness (QED) is 0.818. The van der Waals surface area contributed by atoms with Crippen LogP contribution in [0.15, 0.2) is 41.3 Å². The van der Waals surface area contributed by atoms with E-state index in [9.17, 15) is 13.9 Å². The van der Waals surface area contributed by atoms with Gasteiger partial charge >= 0.3 is 0 Å². The molecular weight excluding hydrogens is 282 g/mol. The molecule has 2 rings (SSSR count). The molecule has 0 saturated heterocycles. The van der Waals surface area contributed by atoms with Gasteiger partial charge in [0.05, 0.1) is 6.54 Å². The molecule has 0 aliphatic carbocycles. The molecule has 1 aromatic carbocycles. The Labute approximate surface area is 120 Å². The zero-order chi connectivity index (χ0) is 14.5. The number of nitrogens with one attached hydrogen (secondary N) is 1. The van der Waals surface area contributed by atoms with Gasteiger partial charge in [-0.2, -0.15) is 8.78 Å². The zero-order valence-corrected chi connectivity index (χ0v) is 11.6. The molecule has 0 bridgehead atoms. The predicted molar refractivity (Wildman–Crippen MR) is 76.3 cm³/mol. The van der Waals surface area contributed by atoms with E-state index in [1.807, 2.05) is 6.92 Å². The third-order valence-corrected chi connectivity index (χ3v) is 3.43. The lowest BCUT2D eigenvalue weighted by molar-refractivity contribution is 0.252. The van der Waals surface area contributed by atoms with Gasteiger partial charge in [0.2, 0.25) is 0 Å². The van der Waals surface area contributed by atoms with Gasteiger partial charge in [-0.3, -0.25) is 4.98 Å². The van der Waals surface area contributed by atoms with Crippen LogP contribution in [0, 0.1) is 6.92 Å². The molecule has 1 aromatic heterocycles. The molecule has 0 aliphatic heterocycles. The van der Waals surface area contributed by atoms with Gasteiger partial charge in [0, 0.05) is 16.3 Å². The smallest absolute Gasteiger partial charge is 0.288 e. The highest BCUT2D eigenvalue weighted by atomic mass is 32.2. The Bertz CT molecular complexity index is 593. The van der Waals surface area contributed by atoms with Gasteiger partial charge in [-0.1, -0.05) is 23.9 Å². The lowest BCUT2D eigenvalue weighted by Crippen LogP contribution is -2.04. The van der Waals surface area contributed by atoms with Crippen molar-refractivity contribution in [3.63, 3.8) is 0 Å². The summed E-state index contributed by atoms with van der Waals surface area (Å²) in [7, 11) is 0. The second kappa shape index (κ2) is 6.56. The van der Waals surface area contributed by atoms with E-state index in [4.69, 9.17) is 0 Å². The van der Waals surface area contributed by atoms with E-state index in [2.05, 4.69) is 10.3 Å². The maximum Gasteiger partial charge on any atom is 0.288 e. The van der Waals surface area contributed by atoms with Crippen molar-refractivity contribution in [2.45, 2.75) is 24.1 Å². The normalized spacial score (nSPS) is 10.8. The van der Waals surface area contributed by atoms with Crippen molar-refractivity contribution in [3.8, 4) is 5.75 Å². The Kier molecular flexibility index (Phi) is 4.79. The number of anilines is 1. The summed E-state index contributed by atoms with van der Waals surface area (Å²) in [5, 5.41) is 12.7. The van der Waals surface area contributed by atoms with Crippen molar-refractivity contribution >= 4 is 17.4 Å². The van der Waals surface area contributed by atoms with E-state index >= 15 is 0 Å². The minimum atomic E-state index is -2.47. The van der Waals surface area contributed by atoms with Gasteiger partial charge in [0.25, 0.3) is 5.76 Å². The van der Waals surface area contributed by atoms with E-state index in [1.54, 1.807) is 36.4 Å². The minimum absolute atomic E-state index is 0.0853. The summed E-state index contributed by atoms with van der Waals surface area (Å²) in [6.45, 7) is 2.10. The van der Waals surface area contributed by atoms with E-state index in [0.29, 0.717) is 28.0 Å². The van der Waals surface area contributed by atoms with Crippen LogP contribution in [0.2, 0.25) is 0 Å². The molecule has 0 fully saturated rings. The predicted octanol–water partition coefficient (Wildman–Crippen LogP) is 4.02. The molecule has 3 nitrogen and oxygen atoms in total. The van der Waals surface area contributed by atoms with Crippen LogP contribution in [-0.4, -0.2) is 15.8 Å². The van der Waals surface area contributed by atoms with E-state index < -0.39 is 5.76 Å². The lowest BCUT2D eigenvalue weighted by Gasteiger charge is -2.12. The van der Waals surface area contributed by atoms with Crippen LogP contribution in [0.4, 0.5) is 14.5 Å². The molecule has 0 atom stereocenters. The fraction of sp³-hybridized carbons (Fsp3) is 0.214. The number of nitrogens with zero attached hydrogens (tertiary/aromatic N) is 1. The topological polar surface area (TPSA) is 45.1 Å². The number of hydrogen-bond donors (Lipinski definition) is 2. The van der Waals surface area contributed by atoms with Gasteiger partial charge in [-0.05, 0) is 31.2 Å². The first kappa shape index (κ1) is 14.6. The van der Waals surface area contributed by atoms with Crippen molar-refractivity contribution in [2.24, 2.45) is 0 Å². The van der Waals surface area contributed by atoms with E-state index in [-0.39, 0.29) is 12.3 Å². The molecule has 0 radical (unpaired) electrons. The van der Waals surface area contributed by atoms with Gasteiger partial charge in [0.15, 0.2) is 0 Å². The van der Waals surface area contributed by atoms with Gasteiger partial charge in [-0.15, -0.1) is 0 Å². The molecule has 2 N–H and O–H groups in total. The summed E-state index contributed by atoms with van der Waals surface area (Å²) in [6, 6.07) is 10.1. The third-order valence-electron chi connectivity index (χ3n) is 2.64. The Morgan fingerprint density at radius 2 is 2.00 bits per heavy atom. The number of aromatic nitrogens is 1. The number of halogens is 2. The molecule has 0 aliphatic rings. The molecule has 0 amide bonds. The first-order valence-electron chi connectivity index (χ1n) is 5.99. The fourth-order valence-corrected chi connectivity index (χ4v) is 2.34. The molecular formula is C14H14F2N2OS. The number of benzene rings is 1. The largest absolute Gasteiger partial charge is 0.506 e. The number of para-hydroxylation sites is 1. The Balaban J connectivity index is 2.12. The highest BCUT2D eigenvalue weighted by molar-refractivity contribution is 7.99. The van der Waals surface area contributed by atoms with Crippen molar-refractivity contribution in [1.82, 2.24) is 4.98 Å². The number of pyridine rings is 1. The molecule has 1 heterocycles. The summed E-state index contributed by atoms with van der Waals surface area (Å²) in [4.78, 5) is 4.68. The number of aromatic hydroxyl groups is 1. The highest BCUT2D eigenvalue weighted by Crippen LogP contribution is 2.32. The monoisotopic (exact) mass is 296 g/mol. The van der Waals surface area contributed by atoms with Crippen LogP contribution in [0.1, 0.15) is 11.4 Å². The maximum absolute atomic E-state index is 12.5. The molecule has 2 aromatic rings. The summed E-state index contributed by atoms with van der Waals surface area (Å²) in [5.74, 6) is -2.38. The average Bonchev–Trinajstić information content (AvgIpc) is 2.41. The SMILES string of the molecule is Cc1ccc(O)c(CNc2ccccc2SC(F)F)n1. The Morgan fingerprint density at radius 1 is 1.25 bits per heavy atom. The van der Waals surface area contributed by atoms with Crippen molar-refractivity contribution in [2.75, 3.05) is 5.32 Å². The molecule has 0 saturated carbocycles. The van der Waals surface area contributed by atoms with Crippen molar-refractivity contribution < 1.29 is 13.9 Å². The van der Waals surface area contributed by atoms with Crippen LogP contribution in [-0.2, 0) is 6.54 Å². The first-order chi connectivity index (χ1) is 9.56. The summed E-state index contributed by atoms with van der Waals surface area (Å²) in [5.41, 5.74) is 1.87.